The molecule has 1 heterocycles. The molecule has 1 aliphatic heterocycles. The molecule has 4 nitrogen and oxygen atoms in total. The molecule has 2 N–H and O–H groups in total. The Hall–Kier alpha value is -0.610. The predicted molar refractivity (Wildman–Crippen MR) is 71.6 cm³/mol. The van der Waals surface area contributed by atoms with Crippen LogP contribution in [0, 0.1) is 5.92 Å². The molecule has 0 spiro atoms. The first-order valence-corrected chi connectivity index (χ1v) is 7.21. The molecule has 1 aliphatic rings. The molecule has 0 bridgehead atoms. The molecule has 1 fully saturated rings. The molecule has 0 radical (unpaired) electrons. The van der Waals surface area contributed by atoms with Gasteiger partial charge in [0.1, 0.15) is 0 Å². The quantitative estimate of drug-likeness (QED) is 0.765. The van der Waals surface area contributed by atoms with Crippen LogP contribution in [0.1, 0.15) is 52.4 Å². The van der Waals surface area contributed by atoms with Crippen molar-refractivity contribution in [1.82, 2.24) is 4.90 Å². The Labute approximate surface area is 110 Å². The van der Waals surface area contributed by atoms with Crippen molar-refractivity contribution in [3.05, 3.63) is 0 Å². The maximum atomic E-state index is 11.4. The van der Waals surface area contributed by atoms with Crippen LogP contribution in [0.15, 0.2) is 0 Å². The molecule has 4 heteroatoms. The van der Waals surface area contributed by atoms with E-state index >= 15 is 0 Å². The van der Waals surface area contributed by atoms with E-state index in [0.29, 0.717) is 19.3 Å². The van der Waals surface area contributed by atoms with Crippen LogP contribution in [0.2, 0.25) is 0 Å². The molecule has 0 aromatic rings. The molecule has 0 aromatic heterocycles. The average molecular weight is 257 g/mol. The standard InChI is InChI=1S/C14H27NO3/c1-3-5-7-12(13(16)17)14(18)8-6-10-15(4-2)11-9-14/h12,18H,3-11H2,1-2H3,(H,16,17). The molecule has 0 aromatic carbocycles. The molecular formula is C14H27NO3. The van der Waals surface area contributed by atoms with Gasteiger partial charge in [0.05, 0.1) is 11.5 Å². The topological polar surface area (TPSA) is 60.8 Å². The van der Waals surface area contributed by atoms with Crippen LogP contribution < -0.4 is 0 Å². The second-order valence-electron chi connectivity index (χ2n) is 5.42. The van der Waals surface area contributed by atoms with Gasteiger partial charge in [-0.05, 0) is 38.8 Å². The van der Waals surface area contributed by atoms with Crippen molar-refractivity contribution >= 4 is 5.97 Å². The van der Waals surface area contributed by atoms with E-state index < -0.39 is 17.5 Å². The van der Waals surface area contributed by atoms with Gasteiger partial charge in [0.25, 0.3) is 0 Å². The van der Waals surface area contributed by atoms with Gasteiger partial charge in [0.15, 0.2) is 0 Å². The van der Waals surface area contributed by atoms with E-state index in [1.807, 2.05) is 0 Å². The summed E-state index contributed by atoms with van der Waals surface area (Å²) in [5.41, 5.74) is -1.01. The maximum absolute atomic E-state index is 11.4. The third kappa shape index (κ3) is 3.95. The summed E-state index contributed by atoms with van der Waals surface area (Å²) in [6.07, 6.45) is 4.53. The van der Waals surface area contributed by atoms with E-state index in [9.17, 15) is 15.0 Å². The second-order valence-corrected chi connectivity index (χ2v) is 5.42. The monoisotopic (exact) mass is 257 g/mol. The summed E-state index contributed by atoms with van der Waals surface area (Å²) in [5, 5.41) is 20.1. The summed E-state index contributed by atoms with van der Waals surface area (Å²) in [5.74, 6) is -1.44. The van der Waals surface area contributed by atoms with Crippen molar-refractivity contribution in [3.8, 4) is 0 Å². The molecule has 106 valence electrons. The highest BCUT2D eigenvalue weighted by atomic mass is 16.4. The highest BCUT2D eigenvalue weighted by Gasteiger charge is 2.41. The molecular weight excluding hydrogens is 230 g/mol. The zero-order valence-corrected chi connectivity index (χ0v) is 11.7. The zero-order chi connectivity index (χ0) is 13.6. The SMILES string of the molecule is CCCCC(C(=O)O)C1(O)CCCN(CC)CC1. The van der Waals surface area contributed by atoms with Crippen LogP contribution in [-0.2, 0) is 4.79 Å². The van der Waals surface area contributed by atoms with Crippen LogP contribution in [0.5, 0.6) is 0 Å². The van der Waals surface area contributed by atoms with Crippen molar-refractivity contribution < 1.29 is 15.0 Å². The van der Waals surface area contributed by atoms with Gasteiger partial charge < -0.3 is 15.1 Å². The lowest BCUT2D eigenvalue weighted by Gasteiger charge is -2.33. The number of rotatable bonds is 6. The highest BCUT2D eigenvalue weighted by Crippen LogP contribution is 2.33. The van der Waals surface area contributed by atoms with E-state index in [1.54, 1.807) is 0 Å². The number of aliphatic hydroxyl groups is 1. The van der Waals surface area contributed by atoms with E-state index in [4.69, 9.17) is 0 Å². The number of hydrogen-bond donors (Lipinski definition) is 2. The summed E-state index contributed by atoms with van der Waals surface area (Å²) in [6, 6.07) is 0. The number of carboxylic acids is 1. The molecule has 1 rings (SSSR count). The Bertz CT molecular complexity index is 270. The fourth-order valence-electron chi connectivity index (χ4n) is 2.89. The lowest BCUT2D eigenvalue weighted by Crippen LogP contribution is -2.43. The summed E-state index contributed by atoms with van der Waals surface area (Å²) in [7, 11) is 0. The van der Waals surface area contributed by atoms with Crippen LogP contribution >= 0.6 is 0 Å². The van der Waals surface area contributed by atoms with Crippen molar-refractivity contribution in [1.29, 1.82) is 0 Å². The van der Waals surface area contributed by atoms with Gasteiger partial charge in [0.2, 0.25) is 0 Å². The largest absolute Gasteiger partial charge is 0.481 e. The molecule has 18 heavy (non-hydrogen) atoms. The van der Waals surface area contributed by atoms with E-state index in [0.717, 1.165) is 38.9 Å². The molecule has 2 atom stereocenters. The number of nitrogens with zero attached hydrogens (tertiary/aromatic N) is 1. The van der Waals surface area contributed by atoms with Gasteiger partial charge in [-0.15, -0.1) is 0 Å². The number of aliphatic carboxylic acids is 1. The van der Waals surface area contributed by atoms with Crippen molar-refractivity contribution in [2.24, 2.45) is 5.92 Å². The summed E-state index contributed by atoms with van der Waals surface area (Å²) >= 11 is 0. The van der Waals surface area contributed by atoms with Gasteiger partial charge in [-0.1, -0.05) is 26.7 Å². The number of likely N-dealkylation sites (tertiary alicyclic amines) is 1. The van der Waals surface area contributed by atoms with Crippen LogP contribution in [-0.4, -0.2) is 46.3 Å². The fourth-order valence-corrected chi connectivity index (χ4v) is 2.89. The molecule has 0 aliphatic carbocycles. The minimum Gasteiger partial charge on any atom is -0.481 e. The van der Waals surface area contributed by atoms with Crippen LogP contribution in [0.4, 0.5) is 0 Å². The Morgan fingerprint density at radius 1 is 1.33 bits per heavy atom. The summed E-state index contributed by atoms with van der Waals surface area (Å²) in [4.78, 5) is 13.7. The van der Waals surface area contributed by atoms with Gasteiger partial charge in [-0.2, -0.15) is 0 Å². The average Bonchev–Trinajstić information content (AvgIpc) is 2.52. The Morgan fingerprint density at radius 3 is 2.61 bits per heavy atom. The first kappa shape index (κ1) is 15.4. The van der Waals surface area contributed by atoms with Gasteiger partial charge in [-0.3, -0.25) is 4.79 Å². The van der Waals surface area contributed by atoms with Crippen molar-refractivity contribution in [2.75, 3.05) is 19.6 Å². The van der Waals surface area contributed by atoms with E-state index in [2.05, 4.69) is 18.7 Å². The molecule has 0 amide bonds. The number of carboxylic acid groups (broad SMARTS) is 1. The third-order valence-corrected chi connectivity index (χ3v) is 4.19. The minimum absolute atomic E-state index is 0.585. The highest BCUT2D eigenvalue weighted by molar-refractivity contribution is 5.71. The molecule has 0 saturated carbocycles. The van der Waals surface area contributed by atoms with Crippen molar-refractivity contribution in [3.63, 3.8) is 0 Å². The Balaban J connectivity index is 2.71. The Morgan fingerprint density at radius 2 is 2.06 bits per heavy atom. The summed E-state index contributed by atoms with van der Waals surface area (Å²) in [6.45, 7) is 6.91. The number of hydrogen-bond acceptors (Lipinski definition) is 3. The first-order valence-electron chi connectivity index (χ1n) is 7.21. The Kier molecular flexibility index (Phi) is 6.09. The third-order valence-electron chi connectivity index (χ3n) is 4.19. The number of carbonyl (C=O) groups is 1. The fraction of sp³-hybridized carbons (Fsp3) is 0.929. The van der Waals surface area contributed by atoms with Gasteiger partial charge in [0, 0.05) is 6.54 Å². The second kappa shape index (κ2) is 7.10. The lowest BCUT2D eigenvalue weighted by molar-refractivity contribution is -0.153. The summed E-state index contributed by atoms with van der Waals surface area (Å²) < 4.78 is 0. The zero-order valence-electron chi connectivity index (χ0n) is 11.7. The predicted octanol–water partition coefficient (Wildman–Crippen LogP) is 2.11. The van der Waals surface area contributed by atoms with Crippen molar-refractivity contribution in [2.45, 2.75) is 58.0 Å². The van der Waals surface area contributed by atoms with E-state index in [1.165, 1.54) is 0 Å². The van der Waals surface area contributed by atoms with Crippen LogP contribution in [0.25, 0.3) is 0 Å². The van der Waals surface area contributed by atoms with Gasteiger partial charge >= 0.3 is 5.97 Å². The minimum atomic E-state index is -1.01. The number of unbranched alkanes of at least 4 members (excludes halogenated alkanes) is 1. The van der Waals surface area contributed by atoms with E-state index in [-0.39, 0.29) is 0 Å². The van der Waals surface area contributed by atoms with Gasteiger partial charge in [-0.25, -0.2) is 0 Å². The smallest absolute Gasteiger partial charge is 0.309 e. The normalized spacial score (nSPS) is 27.7. The lowest BCUT2D eigenvalue weighted by atomic mass is 9.78. The first-order chi connectivity index (χ1) is 8.53. The molecule has 1 saturated heterocycles. The maximum Gasteiger partial charge on any atom is 0.309 e. The molecule has 2 unspecified atom stereocenters. The van der Waals surface area contributed by atoms with Crippen LogP contribution in [0.3, 0.4) is 0 Å².